The van der Waals surface area contributed by atoms with Gasteiger partial charge in [0, 0.05) is 5.02 Å². The van der Waals surface area contributed by atoms with Gasteiger partial charge in [-0.1, -0.05) is 29.8 Å². The highest BCUT2D eigenvalue weighted by molar-refractivity contribution is 7.92. The molecule has 0 aliphatic carbocycles. The lowest BCUT2D eigenvalue weighted by Crippen LogP contribution is -2.14. The summed E-state index contributed by atoms with van der Waals surface area (Å²) in [7, 11) is -2.29. The molecule has 0 radical (unpaired) electrons. The molecule has 2 aromatic carbocycles. The van der Waals surface area contributed by atoms with E-state index in [1.54, 1.807) is 36.4 Å². The molecule has 20 heavy (non-hydrogen) atoms. The first-order chi connectivity index (χ1) is 9.44. The summed E-state index contributed by atoms with van der Waals surface area (Å²) in [6, 6.07) is 11.4. The summed E-state index contributed by atoms with van der Waals surface area (Å²) < 4.78 is 32.2. The third-order valence-corrected chi connectivity index (χ3v) is 4.61. The van der Waals surface area contributed by atoms with Crippen molar-refractivity contribution in [2.45, 2.75) is 11.8 Å². The number of methoxy groups -OCH3 is 1. The number of rotatable bonds is 4. The Bertz CT molecular complexity index is 729. The molecule has 0 saturated carbocycles. The van der Waals surface area contributed by atoms with Gasteiger partial charge in [0.1, 0.15) is 10.6 Å². The van der Waals surface area contributed by atoms with Crippen LogP contribution in [0.15, 0.2) is 47.4 Å². The van der Waals surface area contributed by atoms with Crippen molar-refractivity contribution in [1.82, 2.24) is 0 Å². The van der Waals surface area contributed by atoms with Gasteiger partial charge in [0.05, 0.1) is 12.8 Å². The number of halogens is 1. The lowest BCUT2D eigenvalue weighted by atomic mass is 10.2. The van der Waals surface area contributed by atoms with Gasteiger partial charge in [-0.05, 0) is 36.8 Å². The van der Waals surface area contributed by atoms with Crippen molar-refractivity contribution >= 4 is 27.3 Å². The minimum absolute atomic E-state index is 0.0826. The van der Waals surface area contributed by atoms with E-state index in [1.807, 2.05) is 6.92 Å². The lowest BCUT2D eigenvalue weighted by Gasteiger charge is -2.12. The van der Waals surface area contributed by atoms with Crippen molar-refractivity contribution in [3.8, 4) is 5.75 Å². The molecule has 2 aromatic rings. The Morgan fingerprint density at radius 3 is 2.50 bits per heavy atom. The van der Waals surface area contributed by atoms with Crippen LogP contribution in [0.3, 0.4) is 0 Å². The number of para-hydroxylation sites is 1. The molecule has 0 aliphatic rings. The summed E-state index contributed by atoms with van der Waals surface area (Å²) in [6.07, 6.45) is 0. The number of ether oxygens (including phenoxy) is 1. The SMILES string of the molecule is COc1ccccc1S(=O)(=O)Nc1ccc(C)c(Cl)c1. The number of hydrogen-bond acceptors (Lipinski definition) is 3. The van der Waals surface area contributed by atoms with E-state index in [1.165, 1.54) is 13.2 Å². The van der Waals surface area contributed by atoms with Gasteiger partial charge in [0.15, 0.2) is 0 Å². The van der Waals surface area contributed by atoms with E-state index in [0.717, 1.165) is 5.56 Å². The second kappa shape index (κ2) is 5.73. The van der Waals surface area contributed by atoms with E-state index >= 15 is 0 Å². The molecule has 4 nitrogen and oxygen atoms in total. The van der Waals surface area contributed by atoms with Crippen molar-refractivity contribution in [3.05, 3.63) is 53.1 Å². The van der Waals surface area contributed by atoms with Crippen molar-refractivity contribution in [1.29, 1.82) is 0 Å². The number of hydrogen-bond donors (Lipinski definition) is 1. The van der Waals surface area contributed by atoms with Crippen LogP contribution < -0.4 is 9.46 Å². The highest BCUT2D eigenvalue weighted by Crippen LogP contribution is 2.27. The van der Waals surface area contributed by atoms with E-state index < -0.39 is 10.0 Å². The van der Waals surface area contributed by atoms with Crippen molar-refractivity contribution < 1.29 is 13.2 Å². The Balaban J connectivity index is 2.38. The summed E-state index contributed by atoms with van der Waals surface area (Å²) >= 11 is 5.99. The second-order valence-electron chi connectivity index (χ2n) is 4.22. The smallest absolute Gasteiger partial charge is 0.265 e. The molecule has 0 atom stereocenters. The zero-order chi connectivity index (χ0) is 14.8. The van der Waals surface area contributed by atoms with Crippen LogP contribution in [0, 0.1) is 6.92 Å². The monoisotopic (exact) mass is 311 g/mol. The molecule has 6 heteroatoms. The topological polar surface area (TPSA) is 55.4 Å². The predicted molar refractivity (Wildman–Crippen MR) is 80.0 cm³/mol. The molecule has 0 aromatic heterocycles. The molecule has 106 valence electrons. The van der Waals surface area contributed by atoms with E-state index in [0.29, 0.717) is 16.5 Å². The molecule has 0 fully saturated rings. The summed E-state index contributed by atoms with van der Waals surface area (Å²) in [5.74, 6) is 0.290. The van der Waals surface area contributed by atoms with Crippen LogP contribution in [0.1, 0.15) is 5.56 Å². The molecule has 0 spiro atoms. The van der Waals surface area contributed by atoms with Crippen molar-refractivity contribution in [2.75, 3.05) is 11.8 Å². The Kier molecular flexibility index (Phi) is 4.20. The van der Waals surface area contributed by atoms with Gasteiger partial charge in [-0.2, -0.15) is 0 Å². The molecule has 0 unspecified atom stereocenters. The fourth-order valence-corrected chi connectivity index (χ4v) is 3.11. The Labute approximate surface area is 123 Å². The zero-order valence-electron chi connectivity index (χ0n) is 11.1. The number of anilines is 1. The fourth-order valence-electron chi connectivity index (χ4n) is 1.71. The Morgan fingerprint density at radius 1 is 1.15 bits per heavy atom. The quantitative estimate of drug-likeness (QED) is 0.940. The minimum atomic E-state index is -3.72. The van der Waals surface area contributed by atoms with E-state index in [4.69, 9.17) is 16.3 Å². The zero-order valence-corrected chi connectivity index (χ0v) is 12.6. The first kappa shape index (κ1) is 14.7. The summed E-state index contributed by atoms with van der Waals surface area (Å²) in [5, 5.41) is 0.505. The summed E-state index contributed by atoms with van der Waals surface area (Å²) in [5.41, 5.74) is 1.29. The number of nitrogens with one attached hydrogen (secondary N) is 1. The molecular formula is C14H14ClNO3S. The number of aryl methyl sites for hydroxylation is 1. The van der Waals surface area contributed by atoms with Gasteiger partial charge in [-0.3, -0.25) is 4.72 Å². The Hall–Kier alpha value is -1.72. The summed E-state index contributed by atoms with van der Waals surface area (Å²) in [4.78, 5) is 0.0826. The normalized spacial score (nSPS) is 11.2. The van der Waals surface area contributed by atoms with Crippen LogP contribution in [0.5, 0.6) is 5.75 Å². The maximum atomic E-state index is 12.3. The van der Waals surface area contributed by atoms with E-state index in [-0.39, 0.29) is 4.90 Å². The van der Waals surface area contributed by atoms with Gasteiger partial charge in [-0.15, -0.1) is 0 Å². The van der Waals surface area contributed by atoms with Gasteiger partial charge in [0.25, 0.3) is 10.0 Å². The van der Waals surface area contributed by atoms with Gasteiger partial charge < -0.3 is 4.74 Å². The third-order valence-electron chi connectivity index (χ3n) is 2.78. The third kappa shape index (κ3) is 3.05. The molecule has 1 N–H and O–H groups in total. The van der Waals surface area contributed by atoms with Gasteiger partial charge in [-0.25, -0.2) is 8.42 Å². The Morgan fingerprint density at radius 2 is 1.85 bits per heavy atom. The second-order valence-corrected chi connectivity index (χ2v) is 6.28. The van der Waals surface area contributed by atoms with E-state index in [2.05, 4.69) is 4.72 Å². The van der Waals surface area contributed by atoms with Crippen LogP contribution in [-0.4, -0.2) is 15.5 Å². The average Bonchev–Trinajstić information content (AvgIpc) is 2.42. The molecule has 0 bridgehead atoms. The number of benzene rings is 2. The molecule has 0 saturated heterocycles. The highest BCUT2D eigenvalue weighted by Gasteiger charge is 2.19. The van der Waals surface area contributed by atoms with Crippen LogP contribution in [0.25, 0.3) is 0 Å². The largest absolute Gasteiger partial charge is 0.495 e. The molecule has 0 amide bonds. The average molecular weight is 312 g/mol. The lowest BCUT2D eigenvalue weighted by molar-refractivity contribution is 0.403. The van der Waals surface area contributed by atoms with Crippen molar-refractivity contribution in [2.24, 2.45) is 0 Å². The van der Waals surface area contributed by atoms with Crippen LogP contribution in [0.4, 0.5) is 5.69 Å². The first-order valence-corrected chi connectivity index (χ1v) is 7.72. The minimum Gasteiger partial charge on any atom is -0.495 e. The van der Waals surface area contributed by atoms with Gasteiger partial charge >= 0.3 is 0 Å². The van der Waals surface area contributed by atoms with E-state index in [9.17, 15) is 8.42 Å². The molecule has 0 aliphatic heterocycles. The maximum Gasteiger partial charge on any atom is 0.265 e. The molecule has 0 heterocycles. The standard InChI is InChI=1S/C14H14ClNO3S/c1-10-7-8-11(9-12(10)15)16-20(17,18)14-6-4-3-5-13(14)19-2/h3-9,16H,1-2H3. The van der Waals surface area contributed by atoms with Crippen LogP contribution in [-0.2, 0) is 10.0 Å². The highest BCUT2D eigenvalue weighted by atomic mass is 35.5. The molecular weight excluding hydrogens is 298 g/mol. The fraction of sp³-hybridized carbons (Fsp3) is 0.143. The predicted octanol–water partition coefficient (Wildman–Crippen LogP) is 3.46. The molecule has 2 rings (SSSR count). The van der Waals surface area contributed by atoms with Gasteiger partial charge in [0.2, 0.25) is 0 Å². The maximum absolute atomic E-state index is 12.3. The van der Waals surface area contributed by atoms with Crippen molar-refractivity contribution in [3.63, 3.8) is 0 Å². The first-order valence-electron chi connectivity index (χ1n) is 5.86. The van der Waals surface area contributed by atoms with Crippen LogP contribution in [0.2, 0.25) is 5.02 Å². The van der Waals surface area contributed by atoms with Crippen LogP contribution >= 0.6 is 11.6 Å². The number of sulfonamides is 1. The summed E-state index contributed by atoms with van der Waals surface area (Å²) in [6.45, 7) is 1.85.